The van der Waals surface area contributed by atoms with Crippen LogP contribution in [-0.2, 0) is 15.4 Å². The monoisotopic (exact) mass is 487 g/mol. The molecule has 0 bridgehead atoms. The lowest BCUT2D eigenvalue weighted by Crippen LogP contribution is -2.56. The van der Waals surface area contributed by atoms with Crippen molar-refractivity contribution in [2.24, 2.45) is 0 Å². The second-order valence-electron chi connectivity index (χ2n) is 7.61. The zero-order valence-corrected chi connectivity index (χ0v) is 19.6. The number of piperidine rings is 1. The summed E-state index contributed by atoms with van der Waals surface area (Å²) in [4.78, 5) is 17.2. The minimum atomic E-state index is -3.36. The largest absolute Gasteiger partial charge is 0.349 e. The van der Waals surface area contributed by atoms with Gasteiger partial charge in [-0.05, 0) is 57.0 Å². The van der Waals surface area contributed by atoms with Crippen LogP contribution in [0.2, 0.25) is 10.0 Å². The Balaban J connectivity index is 1.92. The Morgan fingerprint density at radius 3 is 2.55 bits per heavy atom. The number of hydrogen-bond donors (Lipinski definition) is 1. The summed E-state index contributed by atoms with van der Waals surface area (Å²) in [7, 11) is -3.36. The van der Waals surface area contributed by atoms with Gasteiger partial charge in [0.1, 0.15) is 5.82 Å². The SMILES string of the molecule is CCS(=O)(=O)N1CCC(c2ncccc2F)(C(C)NC(=O)c2ccc(Cl)cc2Cl)CC1. The quantitative estimate of drug-likeness (QED) is 0.666. The van der Waals surface area contributed by atoms with Gasteiger partial charge < -0.3 is 5.32 Å². The van der Waals surface area contributed by atoms with Crippen molar-refractivity contribution in [3.05, 3.63) is 63.6 Å². The summed E-state index contributed by atoms with van der Waals surface area (Å²) < 4.78 is 40.8. The average molecular weight is 488 g/mol. The molecule has 1 amide bonds. The molecule has 1 saturated heterocycles. The van der Waals surface area contributed by atoms with Crippen LogP contribution in [0.3, 0.4) is 0 Å². The van der Waals surface area contributed by atoms with E-state index in [4.69, 9.17) is 23.2 Å². The molecule has 168 valence electrons. The highest BCUT2D eigenvalue weighted by molar-refractivity contribution is 7.89. The van der Waals surface area contributed by atoms with Crippen molar-refractivity contribution in [2.45, 2.75) is 38.1 Å². The number of hydrogen-bond acceptors (Lipinski definition) is 4. The Bertz CT molecular complexity index is 1070. The van der Waals surface area contributed by atoms with E-state index < -0.39 is 33.2 Å². The fourth-order valence-corrected chi connectivity index (χ4v) is 5.66. The summed E-state index contributed by atoms with van der Waals surface area (Å²) in [5, 5.41) is 3.54. The van der Waals surface area contributed by atoms with Crippen molar-refractivity contribution in [3.8, 4) is 0 Å². The third-order valence-electron chi connectivity index (χ3n) is 5.96. The van der Waals surface area contributed by atoms with Crippen LogP contribution < -0.4 is 5.32 Å². The lowest BCUT2D eigenvalue weighted by molar-refractivity contribution is 0.0890. The normalized spacial score (nSPS) is 17.8. The molecule has 1 aliphatic rings. The summed E-state index contributed by atoms with van der Waals surface area (Å²) in [6, 6.07) is 6.85. The molecule has 10 heteroatoms. The minimum Gasteiger partial charge on any atom is -0.349 e. The highest BCUT2D eigenvalue weighted by Gasteiger charge is 2.46. The Kier molecular flexibility index (Phi) is 7.25. The number of nitrogens with zero attached hydrogens (tertiary/aromatic N) is 2. The van der Waals surface area contributed by atoms with Crippen LogP contribution in [0, 0.1) is 5.82 Å². The van der Waals surface area contributed by atoms with Crippen molar-refractivity contribution in [2.75, 3.05) is 18.8 Å². The van der Waals surface area contributed by atoms with Gasteiger partial charge in [0.15, 0.2) is 0 Å². The summed E-state index contributed by atoms with van der Waals surface area (Å²) in [6.45, 7) is 3.80. The van der Waals surface area contributed by atoms with Crippen LogP contribution in [0.1, 0.15) is 42.7 Å². The molecular formula is C21H24Cl2FN3O3S. The van der Waals surface area contributed by atoms with E-state index in [9.17, 15) is 17.6 Å². The minimum absolute atomic E-state index is 0.000691. The number of aromatic nitrogens is 1. The molecule has 1 aliphatic heterocycles. The van der Waals surface area contributed by atoms with Crippen molar-refractivity contribution in [3.63, 3.8) is 0 Å². The zero-order chi connectivity index (χ0) is 22.8. The lowest BCUT2D eigenvalue weighted by Gasteiger charge is -2.44. The van der Waals surface area contributed by atoms with Gasteiger partial charge in [0.2, 0.25) is 10.0 Å². The lowest BCUT2D eigenvalue weighted by atomic mass is 9.70. The predicted octanol–water partition coefficient (Wildman–Crippen LogP) is 4.03. The Morgan fingerprint density at radius 2 is 1.97 bits per heavy atom. The number of pyridine rings is 1. The highest BCUT2D eigenvalue weighted by atomic mass is 35.5. The van der Waals surface area contributed by atoms with Gasteiger partial charge in [-0.15, -0.1) is 0 Å². The molecule has 0 aliphatic carbocycles. The maximum Gasteiger partial charge on any atom is 0.253 e. The van der Waals surface area contributed by atoms with Gasteiger partial charge in [0, 0.05) is 35.8 Å². The van der Waals surface area contributed by atoms with Crippen LogP contribution in [0.25, 0.3) is 0 Å². The fraction of sp³-hybridized carbons (Fsp3) is 0.429. The summed E-state index contributed by atoms with van der Waals surface area (Å²) in [6.07, 6.45) is 2.13. The van der Waals surface area contributed by atoms with Gasteiger partial charge in [-0.2, -0.15) is 0 Å². The molecule has 3 rings (SSSR count). The number of carbonyl (C=O) groups excluding carboxylic acids is 1. The smallest absolute Gasteiger partial charge is 0.253 e. The number of rotatable bonds is 6. The van der Waals surface area contributed by atoms with Crippen LogP contribution in [-0.4, -0.2) is 48.5 Å². The van der Waals surface area contributed by atoms with Crippen LogP contribution in [0.15, 0.2) is 36.5 Å². The number of sulfonamides is 1. The van der Waals surface area contributed by atoms with Gasteiger partial charge in [0.05, 0.1) is 22.0 Å². The first-order valence-corrected chi connectivity index (χ1v) is 12.3. The number of halogens is 3. The maximum absolute atomic E-state index is 14.8. The average Bonchev–Trinajstić information content (AvgIpc) is 2.74. The third kappa shape index (κ3) is 4.87. The van der Waals surface area contributed by atoms with Gasteiger partial charge >= 0.3 is 0 Å². The molecule has 0 radical (unpaired) electrons. The molecule has 6 nitrogen and oxygen atoms in total. The molecule has 0 spiro atoms. The zero-order valence-electron chi connectivity index (χ0n) is 17.2. The van der Waals surface area contributed by atoms with E-state index in [0.29, 0.717) is 17.9 Å². The highest BCUT2D eigenvalue weighted by Crippen LogP contribution is 2.39. The molecule has 31 heavy (non-hydrogen) atoms. The van der Waals surface area contributed by atoms with E-state index in [1.165, 1.54) is 34.8 Å². The topological polar surface area (TPSA) is 79.4 Å². The molecular weight excluding hydrogens is 464 g/mol. The van der Waals surface area contributed by atoms with E-state index in [1.54, 1.807) is 19.9 Å². The molecule has 1 aromatic carbocycles. The molecule has 1 N–H and O–H groups in total. The summed E-state index contributed by atoms with van der Waals surface area (Å²) in [5.41, 5.74) is -0.404. The summed E-state index contributed by atoms with van der Waals surface area (Å²) in [5.74, 6) is -0.910. The summed E-state index contributed by atoms with van der Waals surface area (Å²) >= 11 is 12.1. The fourth-order valence-electron chi connectivity index (χ4n) is 4.06. The number of nitrogens with one attached hydrogen (secondary N) is 1. The van der Waals surface area contributed by atoms with Crippen LogP contribution in [0.4, 0.5) is 4.39 Å². The Labute approximate surface area is 191 Å². The van der Waals surface area contributed by atoms with E-state index in [2.05, 4.69) is 10.3 Å². The second-order valence-corrected chi connectivity index (χ2v) is 10.7. The molecule has 0 saturated carbocycles. The third-order valence-corrected chi connectivity index (χ3v) is 8.38. The van der Waals surface area contributed by atoms with E-state index in [1.807, 2.05) is 0 Å². The van der Waals surface area contributed by atoms with Crippen molar-refractivity contribution < 1.29 is 17.6 Å². The number of carbonyl (C=O) groups is 1. The van der Waals surface area contributed by atoms with E-state index >= 15 is 0 Å². The van der Waals surface area contributed by atoms with E-state index in [0.717, 1.165) is 0 Å². The first-order valence-electron chi connectivity index (χ1n) is 9.95. The van der Waals surface area contributed by atoms with Crippen molar-refractivity contribution >= 4 is 39.1 Å². The molecule has 2 aromatic rings. The van der Waals surface area contributed by atoms with Crippen LogP contribution >= 0.6 is 23.2 Å². The van der Waals surface area contributed by atoms with Crippen molar-refractivity contribution in [1.82, 2.24) is 14.6 Å². The van der Waals surface area contributed by atoms with Crippen molar-refractivity contribution in [1.29, 1.82) is 0 Å². The molecule has 1 atom stereocenters. The van der Waals surface area contributed by atoms with Crippen LogP contribution in [0.5, 0.6) is 0 Å². The standard InChI is InChI=1S/C21H24Cl2FN3O3S/c1-3-31(29,30)27-11-8-21(9-12-27,19-18(24)5-4-10-25-19)14(2)26-20(28)16-7-6-15(22)13-17(16)23/h4-7,10,13-14H,3,8-9,11-12H2,1-2H3,(H,26,28). The van der Waals surface area contributed by atoms with E-state index in [-0.39, 0.29) is 35.1 Å². The Morgan fingerprint density at radius 1 is 1.29 bits per heavy atom. The first-order chi connectivity index (χ1) is 14.6. The predicted molar refractivity (Wildman–Crippen MR) is 120 cm³/mol. The van der Waals surface area contributed by atoms with Gasteiger partial charge in [0.25, 0.3) is 5.91 Å². The van der Waals surface area contributed by atoms with Gasteiger partial charge in [-0.3, -0.25) is 9.78 Å². The van der Waals surface area contributed by atoms with Gasteiger partial charge in [-0.25, -0.2) is 17.1 Å². The molecule has 1 unspecified atom stereocenters. The molecule has 1 aromatic heterocycles. The second kappa shape index (κ2) is 9.40. The number of amides is 1. The number of benzene rings is 1. The van der Waals surface area contributed by atoms with Gasteiger partial charge in [-0.1, -0.05) is 23.2 Å². The molecule has 2 heterocycles. The Hall–Kier alpha value is -1.74. The maximum atomic E-state index is 14.8. The first kappa shape index (κ1) is 23.9. The molecule has 1 fully saturated rings.